The SMILES string of the molecule is COc1ccc(N2CCNC(C(C)C)C2)cc1OC1CCCC1. The van der Waals surface area contributed by atoms with Crippen LogP contribution in [0.25, 0.3) is 0 Å². The number of piperazine rings is 1. The van der Waals surface area contributed by atoms with Crippen molar-refractivity contribution in [3.8, 4) is 11.5 Å². The Hall–Kier alpha value is -1.42. The van der Waals surface area contributed by atoms with E-state index in [0.29, 0.717) is 18.1 Å². The Morgan fingerprint density at radius 1 is 1.17 bits per heavy atom. The Morgan fingerprint density at radius 2 is 1.96 bits per heavy atom. The van der Waals surface area contributed by atoms with E-state index in [1.54, 1.807) is 7.11 Å². The van der Waals surface area contributed by atoms with Crippen molar-refractivity contribution in [2.45, 2.75) is 51.7 Å². The molecule has 2 aliphatic rings. The van der Waals surface area contributed by atoms with Gasteiger partial charge in [0.2, 0.25) is 0 Å². The van der Waals surface area contributed by atoms with Crippen LogP contribution in [-0.2, 0) is 0 Å². The molecule has 2 fully saturated rings. The fourth-order valence-corrected chi connectivity index (χ4v) is 3.60. The number of nitrogens with zero attached hydrogens (tertiary/aromatic N) is 1. The number of benzene rings is 1. The van der Waals surface area contributed by atoms with Crippen molar-refractivity contribution in [3.63, 3.8) is 0 Å². The molecule has 1 N–H and O–H groups in total. The molecule has 1 heterocycles. The standard InChI is InChI=1S/C19H30N2O2/c1-14(2)17-13-21(11-10-20-17)15-8-9-18(22-3)19(12-15)23-16-6-4-5-7-16/h8-9,12,14,16-17,20H,4-7,10-11,13H2,1-3H3. The molecule has 1 aromatic carbocycles. The second-order valence-electron chi connectivity index (χ2n) is 7.11. The van der Waals surface area contributed by atoms with Gasteiger partial charge in [0.15, 0.2) is 11.5 Å². The molecule has 1 aromatic rings. The summed E-state index contributed by atoms with van der Waals surface area (Å²) >= 11 is 0. The van der Waals surface area contributed by atoms with E-state index < -0.39 is 0 Å². The lowest BCUT2D eigenvalue weighted by Gasteiger charge is -2.37. The van der Waals surface area contributed by atoms with Crippen molar-refractivity contribution >= 4 is 5.69 Å². The first-order chi connectivity index (χ1) is 11.2. The van der Waals surface area contributed by atoms with E-state index in [2.05, 4.69) is 36.2 Å². The van der Waals surface area contributed by atoms with Gasteiger partial charge in [0.25, 0.3) is 0 Å². The summed E-state index contributed by atoms with van der Waals surface area (Å²) in [5, 5.41) is 3.62. The van der Waals surface area contributed by atoms with E-state index in [4.69, 9.17) is 9.47 Å². The van der Waals surface area contributed by atoms with E-state index in [9.17, 15) is 0 Å². The van der Waals surface area contributed by atoms with E-state index in [0.717, 1.165) is 44.0 Å². The first-order valence-corrected chi connectivity index (χ1v) is 9.00. The minimum atomic E-state index is 0.352. The van der Waals surface area contributed by atoms with E-state index in [1.165, 1.54) is 18.5 Å². The molecule has 0 spiro atoms. The van der Waals surface area contributed by atoms with E-state index >= 15 is 0 Å². The van der Waals surface area contributed by atoms with Gasteiger partial charge in [-0.1, -0.05) is 13.8 Å². The molecular formula is C19H30N2O2. The summed E-state index contributed by atoms with van der Waals surface area (Å²) in [6.45, 7) is 7.69. The monoisotopic (exact) mass is 318 g/mol. The lowest BCUT2D eigenvalue weighted by atomic mass is 10.0. The minimum Gasteiger partial charge on any atom is -0.493 e. The molecule has 3 rings (SSSR count). The van der Waals surface area contributed by atoms with Crippen LogP contribution >= 0.6 is 0 Å². The van der Waals surface area contributed by atoms with Crippen LogP contribution in [0.4, 0.5) is 5.69 Å². The van der Waals surface area contributed by atoms with Gasteiger partial charge >= 0.3 is 0 Å². The molecule has 1 unspecified atom stereocenters. The van der Waals surface area contributed by atoms with Gasteiger partial charge in [0, 0.05) is 37.4 Å². The summed E-state index contributed by atoms with van der Waals surface area (Å²) in [5.74, 6) is 2.39. The van der Waals surface area contributed by atoms with Crippen molar-refractivity contribution in [2.24, 2.45) is 5.92 Å². The van der Waals surface area contributed by atoms with Crippen LogP contribution < -0.4 is 19.7 Å². The van der Waals surface area contributed by atoms with Gasteiger partial charge in [-0.2, -0.15) is 0 Å². The second kappa shape index (κ2) is 7.43. The van der Waals surface area contributed by atoms with Gasteiger partial charge in [-0.05, 0) is 43.7 Å². The Balaban J connectivity index is 1.76. The third-order valence-electron chi connectivity index (χ3n) is 5.12. The lowest BCUT2D eigenvalue weighted by Crippen LogP contribution is -2.53. The summed E-state index contributed by atoms with van der Waals surface area (Å²) in [7, 11) is 1.72. The molecule has 1 aliphatic heterocycles. The van der Waals surface area contributed by atoms with Crippen LogP contribution in [0, 0.1) is 5.92 Å². The number of rotatable bonds is 5. The Morgan fingerprint density at radius 3 is 2.65 bits per heavy atom. The highest BCUT2D eigenvalue weighted by Gasteiger charge is 2.24. The zero-order valence-electron chi connectivity index (χ0n) is 14.7. The highest BCUT2D eigenvalue weighted by molar-refractivity contribution is 5.57. The fraction of sp³-hybridized carbons (Fsp3) is 0.684. The maximum Gasteiger partial charge on any atom is 0.163 e. The van der Waals surface area contributed by atoms with E-state index in [1.807, 2.05) is 6.07 Å². The smallest absolute Gasteiger partial charge is 0.163 e. The maximum atomic E-state index is 6.24. The van der Waals surface area contributed by atoms with Gasteiger partial charge in [0.1, 0.15) is 0 Å². The predicted octanol–water partition coefficient (Wildman–Crippen LogP) is 3.45. The molecule has 23 heavy (non-hydrogen) atoms. The second-order valence-corrected chi connectivity index (χ2v) is 7.11. The molecule has 0 amide bonds. The van der Waals surface area contributed by atoms with Crippen LogP contribution in [0.3, 0.4) is 0 Å². The summed E-state index contributed by atoms with van der Waals surface area (Å²) in [6.07, 6.45) is 5.24. The normalized spacial score (nSPS) is 22.6. The van der Waals surface area contributed by atoms with Crippen LogP contribution in [0.15, 0.2) is 18.2 Å². The highest BCUT2D eigenvalue weighted by atomic mass is 16.5. The molecule has 0 aromatic heterocycles. The Labute approximate surface area is 140 Å². The summed E-state index contributed by atoms with van der Waals surface area (Å²) in [6, 6.07) is 6.92. The van der Waals surface area contributed by atoms with Crippen molar-refractivity contribution in [1.29, 1.82) is 0 Å². The first kappa shape index (κ1) is 16.4. The van der Waals surface area contributed by atoms with Crippen LogP contribution in [0.2, 0.25) is 0 Å². The van der Waals surface area contributed by atoms with Gasteiger partial charge in [-0.15, -0.1) is 0 Å². The van der Waals surface area contributed by atoms with Crippen molar-refractivity contribution in [2.75, 3.05) is 31.6 Å². The van der Waals surface area contributed by atoms with Crippen LogP contribution in [0.5, 0.6) is 11.5 Å². The zero-order valence-corrected chi connectivity index (χ0v) is 14.7. The predicted molar refractivity (Wildman–Crippen MR) is 94.7 cm³/mol. The van der Waals surface area contributed by atoms with Gasteiger partial charge in [-0.3, -0.25) is 0 Å². The molecule has 0 radical (unpaired) electrons. The molecular weight excluding hydrogens is 288 g/mol. The number of hydrogen-bond donors (Lipinski definition) is 1. The summed E-state index contributed by atoms with van der Waals surface area (Å²) in [5.41, 5.74) is 1.24. The quantitative estimate of drug-likeness (QED) is 0.901. The number of nitrogens with one attached hydrogen (secondary N) is 1. The summed E-state index contributed by atoms with van der Waals surface area (Å²) < 4.78 is 11.7. The lowest BCUT2D eigenvalue weighted by molar-refractivity contribution is 0.201. The molecule has 1 saturated carbocycles. The molecule has 0 bridgehead atoms. The third kappa shape index (κ3) is 3.92. The van der Waals surface area contributed by atoms with Gasteiger partial charge < -0.3 is 19.7 Å². The zero-order chi connectivity index (χ0) is 16.2. The van der Waals surface area contributed by atoms with Crippen molar-refractivity contribution < 1.29 is 9.47 Å². The number of anilines is 1. The average Bonchev–Trinajstić information content (AvgIpc) is 3.08. The van der Waals surface area contributed by atoms with Crippen LogP contribution in [0.1, 0.15) is 39.5 Å². The van der Waals surface area contributed by atoms with Gasteiger partial charge in [0.05, 0.1) is 13.2 Å². The first-order valence-electron chi connectivity index (χ1n) is 9.00. The topological polar surface area (TPSA) is 33.7 Å². The molecule has 1 saturated heterocycles. The number of ether oxygens (including phenoxy) is 2. The van der Waals surface area contributed by atoms with Crippen LogP contribution in [-0.4, -0.2) is 38.9 Å². The molecule has 4 nitrogen and oxygen atoms in total. The highest BCUT2D eigenvalue weighted by Crippen LogP contribution is 2.35. The van der Waals surface area contributed by atoms with Crippen molar-refractivity contribution in [1.82, 2.24) is 5.32 Å². The number of methoxy groups -OCH3 is 1. The Kier molecular flexibility index (Phi) is 5.31. The van der Waals surface area contributed by atoms with Gasteiger partial charge in [-0.25, -0.2) is 0 Å². The fourth-order valence-electron chi connectivity index (χ4n) is 3.60. The summed E-state index contributed by atoms with van der Waals surface area (Å²) in [4.78, 5) is 2.46. The average molecular weight is 318 g/mol. The number of hydrogen-bond acceptors (Lipinski definition) is 4. The van der Waals surface area contributed by atoms with E-state index in [-0.39, 0.29) is 0 Å². The Bertz CT molecular complexity index is 512. The molecule has 4 heteroatoms. The minimum absolute atomic E-state index is 0.352. The van der Waals surface area contributed by atoms with Crippen molar-refractivity contribution in [3.05, 3.63) is 18.2 Å². The molecule has 1 aliphatic carbocycles. The third-order valence-corrected chi connectivity index (χ3v) is 5.12. The maximum absolute atomic E-state index is 6.24. The molecule has 128 valence electrons. The largest absolute Gasteiger partial charge is 0.493 e. The molecule has 1 atom stereocenters.